The van der Waals surface area contributed by atoms with Crippen molar-refractivity contribution in [3.63, 3.8) is 0 Å². The van der Waals surface area contributed by atoms with Gasteiger partial charge in [0.2, 0.25) is 0 Å². The van der Waals surface area contributed by atoms with Crippen LogP contribution in [-0.4, -0.2) is 36.4 Å². The summed E-state index contributed by atoms with van der Waals surface area (Å²) >= 11 is 0. The van der Waals surface area contributed by atoms with Crippen molar-refractivity contribution in [1.82, 2.24) is 5.32 Å². The molecule has 0 saturated heterocycles. The van der Waals surface area contributed by atoms with Gasteiger partial charge in [-0.1, -0.05) is 30.3 Å². The van der Waals surface area contributed by atoms with E-state index in [1.165, 1.54) is 5.56 Å². The van der Waals surface area contributed by atoms with Gasteiger partial charge in [-0.2, -0.15) is 0 Å². The first-order valence-corrected chi connectivity index (χ1v) is 6.30. The van der Waals surface area contributed by atoms with Crippen LogP contribution < -0.4 is 5.32 Å². The third-order valence-corrected chi connectivity index (χ3v) is 3.35. The molecule has 4 heteroatoms. The van der Waals surface area contributed by atoms with Crippen molar-refractivity contribution in [1.29, 1.82) is 0 Å². The molecule has 1 aromatic carbocycles. The smallest absolute Gasteiger partial charge is 0.143 e. The van der Waals surface area contributed by atoms with E-state index in [-0.39, 0.29) is 0 Å². The van der Waals surface area contributed by atoms with Gasteiger partial charge in [0.25, 0.3) is 0 Å². The largest absolute Gasteiger partial charge is 0.358 e. The molecule has 1 N–H and O–H groups in total. The highest BCUT2D eigenvalue weighted by atomic mass is 28.1. The molecule has 0 aliphatic carbocycles. The van der Waals surface area contributed by atoms with Gasteiger partial charge in [-0.25, -0.2) is 0 Å². The summed E-state index contributed by atoms with van der Waals surface area (Å²) < 4.78 is 10.4. The number of ether oxygens (including phenoxy) is 2. The lowest BCUT2D eigenvalue weighted by Crippen LogP contribution is -2.35. The molecule has 1 aromatic rings. The van der Waals surface area contributed by atoms with E-state index in [0.29, 0.717) is 0 Å². The lowest BCUT2D eigenvalue weighted by atomic mass is 10.2. The second-order valence-corrected chi connectivity index (χ2v) is 4.69. The monoisotopic (exact) mass is 250 g/mol. The molecule has 0 aromatic heterocycles. The van der Waals surface area contributed by atoms with E-state index in [9.17, 15) is 0 Å². The van der Waals surface area contributed by atoms with E-state index < -0.39 is 5.41 Å². The maximum absolute atomic E-state index is 5.22. The van der Waals surface area contributed by atoms with Crippen molar-refractivity contribution in [2.45, 2.75) is 24.8 Å². The van der Waals surface area contributed by atoms with Crippen LogP contribution in [0.15, 0.2) is 30.3 Å². The van der Waals surface area contributed by atoms with E-state index >= 15 is 0 Å². The van der Waals surface area contributed by atoms with Crippen molar-refractivity contribution in [3.05, 3.63) is 35.9 Å². The summed E-state index contributed by atoms with van der Waals surface area (Å²) in [4.78, 5) is 0. The Labute approximate surface area is 107 Å². The van der Waals surface area contributed by atoms with Crippen molar-refractivity contribution in [3.8, 4) is 0 Å². The molecular formula is C13H20NO2Si. The number of methoxy groups -OCH3 is 2. The van der Waals surface area contributed by atoms with Crippen LogP contribution in [0.1, 0.15) is 18.4 Å². The molecular weight excluding hydrogens is 230 g/mol. The first kappa shape index (κ1) is 14.4. The number of nitrogens with one attached hydrogen (secondary N) is 1. The minimum atomic E-state index is -0.644. The topological polar surface area (TPSA) is 30.5 Å². The minimum absolute atomic E-state index is 0.644. The Kier molecular flexibility index (Phi) is 6.43. The van der Waals surface area contributed by atoms with E-state index in [1.807, 2.05) is 6.07 Å². The van der Waals surface area contributed by atoms with Gasteiger partial charge >= 0.3 is 0 Å². The van der Waals surface area contributed by atoms with Gasteiger partial charge in [0.1, 0.15) is 15.7 Å². The summed E-state index contributed by atoms with van der Waals surface area (Å²) in [5, 5.41) is 3.39. The molecule has 0 heterocycles. The molecule has 93 valence electrons. The second kappa shape index (κ2) is 7.61. The summed E-state index contributed by atoms with van der Waals surface area (Å²) in [6.07, 6.45) is 1.79. The van der Waals surface area contributed by atoms with Crippen molar-refractivity contribution >= 4 is 10.2 Å². The summed E-state index contributed by atoms with van der Waals surface area (Å²) in [5.74, 6) is 0. The van der Waals surface area contributed by atoms with Crippen LogP contribution in [0.5, 0.6) is 0 Å². The zero-order valence-corrected chi connectivity index (χ0v) is 11.5. The highest BCUT2D eigenvalue weighted by molar-refractivity contribution is 6.13. The van der Waals surface area contributed by atoms with E-state index in [4.69, 9.17) is 9.47 Å². The standard InChI is InChI=1S/C13H20NO2Si/c1-15-13(17,16-2)9-6-10-14-11-12-7-4-3-5-8-12/h3-5,7-8,14H,6,9-11H2,1-2H3. The van der Waals surface area contributed by atoms with Crippen LogP contribution in [0.2, 0.25) is 0 Å². The number of hydrogen-bond donors (Lipinski definition) is 1. The Morgan fingerprint density at radius 2 is 1.82 bits per heavy atom. The molecule has 0 saturated carbocycles. The summed E-state index contributed by atoms with van der Waals surface area (Å²) in [5.41, 5.74) is 0.657. The Balaban J connectivity index is 2.13. The average molecular weight is 250 g/mol. The quantitative estimate of drug-likeness (QED) is 0.432. The molecule has 17 heavy (non-hydrogen) atoms. The van der Waals surface area contributed by atoms with Crippen LogP contribution in [0.4, 0.5) is 0 Å². The molecule has 3 radical (unpaired) electrons. The fourth-order valence-corrected chi connectivity index (χ4v) is 1.74. The normalized spacial score (nSPS) is 11.7. The van der Waals surface area contributed by atoms with Crippen LogP contribution in [0.25, 0.3) is 0 Å². The zero-order chi connectivity index (χ0) is 12.6. The Bertz CT molecular complexity index is 302. The molecule has 3 nitrogen and oxygen atoms in total. The third-order valence-electron chi connectivity index (χ3n) is 2.69. The zero-order valence-electron chi connectivity index (χ0n) is 10.5. The van der Waals surface area contributed by atoms with Gasteiger partial charge in [0.15, 0.2) is 0 Å². The van der Waals surface area contributed by atoms with Crippen LogP contribution in [0.3, 0.4) is 0 Å². The number of hydrogen-bond acceptors (Lipinski definition) is 3. The molecule has 0 amide bonds. The lowest BCUT2D eigenvalue weighted by molar-refractivity contribution is -0.146. The average Bonchev–Trinajstić information content (AvgIpc) is 2.39. The molecule has 0 bridgehead atoms. The summed E-state index contributed by atoms with van der Waals surface area (Å²) in [7, 11) is 6.73. The highest BCUT2D eigenvalue weighted by Gasteiger charge is 2.21. The van der Waals surface area contributed by atoms with Crippen LogP contribution >= 0.6 is 0 Å². The Morgan fingerprint density at radius 1 is 1.18 bits per heavy atom. The first-order chi connectivity index (χ1) is 8.20. The fourth-order valence-electron chi connectivity index (χ4n) is 1.56. The van der Waals surface area contributed by atoms with Crippen LogP contribution in [0, 0.1) is 0 Å². The van der Waals surface area contributed by atoms with Gasteiger partial charge in [0, 0.05) is 20.8 Å². The number of rotatable bonds is 8. The summed E-state index contributed by atoms with van der Waals surface area (Å²) in [6.45, 7) is 1.84. The number of benzene rings is 1. The van der Waals surface area contributed by atoms with Crippen LogP contribution in [-0.2, 0) is 16.0 Å². The molecule has 1 rings (SSSR count). The lowest BCUT2D eigenvalue weighted by Gasteiger charge is -2.26. The van der Waals surface area contributed by atoms with Gasteiger partial charge in [-0.05, 0) is 24.9 Å². The summed E-state index contributed by atoms with van der Waals surface area (Å²) in [6, 6.07) is 10.4. The van der Waals surface area contributed by atoms with E-state index in [0.717, 1.165) is 25.9 Å². The predicted molar refractivity (Wildman–Crippen MR) is 69.9 cm³/mol. The maximum Gasteiger partial charge on any atom is 0.143 e. The van der Waals surface area contributed by atoms with Crippen molar-refractivity contribution in [2.24, 2.45) is 0 Å². The van der Waals surface area contributed by atoms with Gasteiger partial charge in [0.05, 0.1) is 0 Å². The van der Waals surface area contributed by atoms with Gasteiger partial charge < -0.3 is 14.8 Å². The van der Waals surface area contributed by atoms with Gasteiger partial charge in [-0.3, -0.25) is 0 Å². The molecule has 0 spiro atoms. The Hall–Kier alpha value is -0.683. The third kappa shape index (κ3) is 5.45. The van der Waals surface area contributed by atoms with Gasteiger partial charge in [-0.15, -0.1) is 0 Å². The first-order valence-electron chi connectivity index (χ1n) is 5.80. The highest BCUT2D eigenvalue weighted by Crippen LogP contribution is 2.13. The Morgan fingerprint density at radius 3 is 2.41 bits per heavy atom. The maximum atomic E-state index is 5.22. The molecule has 0 fully saturated rings. The fraction of sp³-hybridized carbons (Fsp3) is 0.538. The molecule has 0 aliphatic rings. The molecule has 0 unspecified atom stereocenters. The van der Waals surface area contributed by atoms with E-state index in [2.05, 4.69) is 39.8 Å². The van der Waals surface area contributed by atoms with Crippen molar-refractivity contribution in [2.75, 3.05) is 20.8 Å². The second-order valence-electron chi connectivity index (χ2n) is 3.93. The minimum Gasteiger partial charge on any atom is -0.358 e. The predicted octanol–water partition coefficient (Wildman–Crippen LogP) is 1.67. The van der Waals surface area contributed by atoms with Crippen molar-refractivity contribution < 1.29 is 9.47 Å². The molecule has 0 atom stereocenters. The SMILES string of the molecule is COC([Si])(CCCNCc1ccccc1)OC. The molecule has 0 aliphatic heterocycles. The van der Waals surface area contributed by atoms with E-state index in [1.54, 1.807) is 14.2 Å².